The zero-order valence-corrected chi connectivity index (χ0v) is 16.5. The van der Waals surface area contributed by atoms with Crippen molar-refractivity contribution in [2.45, 2.75) is 39.7 Å². The van der Waals surface area contributed by atoms with Crippen molar-refractivity contribution in [1.82, 2.24) is 0 Å². The molecule has 1 amide bonds. The number of ether oxygens (including phenoxy) is 1. The quantitative estimate of drug-likeness (QED) is 0.646. The van der Waals surface area contributed by atoms with Gasteiger partial charge >= 0.3 is 0 Å². The van der Waals surface area contributed by atoms with Crippen LogP contribution in [0.2, 0.25) is 0 Å². The molecular formula is C21H29ClN2O2. The Hall–Kier alpha value is -2.04. The Balaban J connectivity index is 0.00000338. The number of hydrogen-bond donors (Lipinski definition) is 2. The van der Waals surface area contributed by atoms with Crippen LogP contribution in [0.25, 0.3) is 0 Å². The molecule has 0 aliphatic heterocycles. The molecule has 0 radical (unpaired) electrons. The Morgan fingerprint density at radius 1 is 1.19 bits per heavy atom. The second-order valence-electron chi connectivity index (χ2n) is 6.39. The van der Waals surface area contributed by atoms with E-state index in [9.17, 15) is 4.79 Å². The van der Waals surface area contributed by atoms with E-state index in [-0.39, 0.29) is 30.3 Å². The Labute approximate surface area is 162 Å². The van der Waals surface area contributed by atoms with E-state index in [1.165, 1.54) is 0 Å². The van der Waals surface area contributed by atoms with E-state index in [1.54, 1.807) is 0 Å². The maximum atomic E-state index is 12.6. The highest BCUT2D eigenvalue weighted by molar-refractivity contribution is 5.93. The van der Waals surface area contributed by atoms with Crippen LogP contribution >= 0.6 is 12.4 Å². The van der Waals surface area contributed by atoms with E-state index in [2.05, 4.69) is 12.2 Å². The van der Waals surface area contributed by atoms with Gasteiger partial charge in [-0.05, 0) is 42.7 Å². The van der Waals surface area contributed by atoms with Gasteiger partial charge in [-0.3, -0.25) is 4.79 Å². The Morgan fingerprint density at radius 3 is 2.50 bits per heavy atom. The van der Waals surface area contributed by atoms with Crippen LogP contribution < -0.4 is 15.8 Å². The summed E-state index contributed by atoms with van der Waals surface area (Å²) in [5.41, 5.74) is 8.97. The largest absolute Gasteiger partial charge is 0.494 e. The van der Waals surface area contributed by atoms with E-state index in [4.69, 9.17) is 10.5 Å². The van der Waals surface area contributed by atoms with Crippen LogP contribution in [0.4, 0.5) is 5.69 Å². The van der Waals surface area contributed by atoms with Crippen molar-refractivity contribution >= 4 is 24.0 Å². The molecule has 142 valence electrons. The Bertz CT molecular complexity index is 692. The SMILES string of the molecule is CCCCOc1ccc(NC(=O)C(C)C(N)c2ccccc2)c(C)c1.Cl. The second kappa shape index (κ2) is 10.8. The fourth-order valence-corrected chi connectivity index (χ4v) is 2.57. The standard InChI is InChI=1S/C21H28N2O2.ClH/c1-4-5-13-25-18-11-12-19(15(2)14-18)23-21(24)16(3)20(22)17-9-7-6-8-10-17;/h6-12,14,16,20H,4-5,13,22H2,1-3H3,(H,23,24);1H. The van der Waals surface area contributed by atoms with Crippen molar-refractivity contribution in [1.29, 1.82) is 0 Å². The van der Waals surface area contributed by atoms with E-state index in [1.807, 2.05) is 62.4 Å². The monoisotopic (exact) mass is 376 g/mol. The van der Waals surface area contributed by atoms with Crippen molar-refractivity contribution < 1.29 is 9.53 Å². The van der Waals surface area contributed by atoms with Gasteiger partial charge in [0.05, 0.1) is 12.5 Å². The summed E-state index contributed by atoms with van der Waals surface area (Å²) in [6.45, 7) is 6.66. The summed E-state index contributed by atoms with van der Waals surface area (Å²) in [6.07, 6.45) is 2.14. The molecule has 0 heterocycles. The molecular weight excluding hydrogens is 348 g/mol. The molecule has 0 saturated heterocycles. The summed E-state index contributed by atoms with van der Waals surface area (Å²) in [5.74, 6) is 0.416. The third-order valence-corrected chi connectivity index (χ3v) is 4.36. The predicted molar refractivity (Wildman–Crippen MR) is 110 cm³/mol. The van der Waals surface area contributed by atoms with Crippen molar-refractivity contribution in [2.75, 3.05) is 11.9 Å². The average molecular weight is 377 g/mol. The first kappa shape index (κ1) is 22.0. The van der Waals surface area contributed by atoms with Crippen LogP contribution in [0.15, 0.2) is 48.5 Å². The summed E-state index contributed by atoms with van der Waals surface area (Å²) in [7, 11) is 0. The molecule has 26 heavy (non-hydrogen) atoms. The number of amides is 1. The maximum absolute atomic E-state index is 12.6. The van der Waals surface area contributed by atoms with Crippen LogP contribution in [-0.4, -0.2) is 12.5 Å². The van der Waals surface area contributed by atoms with Crippen LogP contribution in [-0.2, 0) is 4.79 Å². The number of benzene rings is 2. The summed E-state index contributed by atoms with van der Waals surface area (Å²) >= 11 is 0. The van der Waals surface area contributed by atoms with Gasteiger partial charge < -0.3 is 15.8 Å². The minimum absolute atomic E-state index is 0. The number of aryl methyl sites for hydroxylation is 1. The molecule has 0 aliphatic carbocycles. The highest BCUT2D eigenvalue weighted by Gasteiger charge is 2.22. The van der Waals surface area contributed by atoms with Crippen LogP contribution in [0.3, 0.4) is 0 Å². The molecule has 0 saturated carbocycles. The minimum Gasteiger partial charge on any atom is -0.494 e. The predicted octanol–water partition coefficient (Wildman–Crippen LogP) is 4.87. The fourth-order valence-electron chi connectivity index (χ4n) is 2.57. The average Bonchev–Trinajstić information content (AvgIpc) is 2.63. The summed E-state index contributed by atoms with van der Waals surface area (Å²) in [5, 5.41) is 2.98. The first-order valence-electron chi connectivity index (χ1n) is 8.87. The molecule has 2 atom stereocenters. The molecule has 3 N–H and O–H groups in total. The number of nitrogens with two attached hydrogens (primary N) is 1. The van der Waals surface area contributed by atoms with Gasteiger partial charge in [0.1, 0.15) is 5.75 Å². The van der Waals surface area contributed by atoms with Gasteiger partial charge in [0.25, 0.3) is 0 Å². The lowest BCUT2D eigenvalue weighted by molar-refractivity contribution is -0.120. The molecule has 4 nitrogen and oxygen atoms in total. The lowest BCUT2D eigenvalue weighted by Crippen LogP contribution is -2.30. The molecule has 0 bridgehead atoms. The van der Waals surface area contributed by atoms with Gasteiger partial charge in [-0.25, -0.2) is 0 Å². The fraction of sp³-hybridized carbons (Fsp3) is 0.381. The third kappa shape index (κ3) is 6.04. The molecule has 0 fully saturated rings. The van der Waals surface area contributed by atoms with Gasteiger partial charge in [-0.15, -0.1) is 12.4 Å². The third-order valence-electron chi connectivity index (χ3n) is 4.36. The lowest BCUT2D eigenvalue weighted by Gasteiger charge is -2.20. The number of unbranched alkanes of at least 4 members (excludes halogenated alkanes) is 1. The van der Waals surface area contributed by atoms with Crippen LogP contribution in [0.5, 0.6) is 5.75 Å². The number of hydrogen-bond acceptors (Lipinski definition) is 3. The smallest absolute Gasteiger partial charge is 0.229 e. The normalized spacial score (nSPS) is 12.6. The van der Waals surface area contributed by atoms with Crippen molar-refractivity contribution in [3.63, 3.8) is 0 Å². The number of anilines is 1. The van der Waals surface area contributed by atoms with Crippen LogP contribution in [0.1, 0.15) is 43.9 Å². The van der Waals surface area contributed by atoms with E-state index < -0.39 is 0 Å². The summed E-state index contributed by atoms with van der Waals surface area (Å²) < 4.78 is 5.70. The molecule has 0 aliphatic rings. The minimum atomic E-state index is -0.335. The molecule has 2 rings (SSSR count). The summed E-state index contributed by atoms with van der Waals surface area (Å²) in [6, 6.07) is 15.1. The number of halogens is 1. The number of carbonyl (C=O) groups is 1. The summed E-state index contributed by atoms with van der Waals surface area (Å²) in [4.78, 5) is 12.6. The molecule has 2 unspecified atom stereocenters. The molecule has 2 aromatic rings. The molecule has 0 spiro atoms. The van der Waals surface area contributed by atoms with Crippen molar-refractivity contribution in [3.8, 4) is 5.75 Å². The van der Waals surface area contributed by atoms with Gasteiger partial charge in [0, 0.05) is 11.7 Å². The van der Waals surface area contributed by atoms with E-state index >= 15 is 0 Å². The Morgan fingerprint density at radius 2 is 1.88 bits per heavy atom. The highest BCUT2D eigenvalue weighted by atomic mass is 35.5. The van der Waals surface area contributed by atoms with Crippen molar-refractivity contribution in [2.24, 2.45) is 11.7 Å². The van der Waals surface area contributed by atoms with Gasteiger partial charge in [-0.2, -0.15) is 0 Å². The Kier molecular flexibility index (Phi) is 9.17. The molecule has 5 heteroatoms. The van der Waals surface area contributed by atoms with E-state index in [0.717, 1.165) is 35.4 Å². The zero-order valence-electron chi connectivity index (χ0n) is 15.7. The molecule has 0 aromatic heterocycles. The highest BCUT2D eigenvalue weighted by Crippen LogP contribution is 2.24. The maximum Gasteiger partial charge on any atom is 0.229 e. The number of rotatable bonds is 8. The van der Waals surface area contributed by atoms with Gasteiger partial charge in [-0.1, -0.05) is 50.6 Å². The zero-order chi connectivity index (χ0) is 18.2. The molecule has 2 aromatic carbocycles. The second-order valence-corrected chi connectivity index (χ2v) is 6.39. The topological polar surface area (TPSA) is 64.3 Å². The van der Waals surface area contributed by atoms with Gasteiger partial charge in [0.15, 0.2) is 0 Å². The first-order valence-corrected chi connectivity index (χ1v) is 8.87. The number of carbonyl (C=O) groups excluding carboxylic acids is 1. The van der Waals surface area contributed by atoms with Crippen LogP contribution in [0, 0.1) is 12.8 Å². The van der Waals surface area contributed by atoms with Gasteiger partial charge in [0.2, 0.25) is 5.91 Å². The lowest BCUT2D eigenvalue weighted by atomic mass is 9.94. The first-order chi connectivity index (χ1) is 12.0. The van der Waals surface area contributed by atoms with Crippen molar-refractivity contribution in [3.05, 3.63) is 59.7 Å². The number of nitrogens with one attached hydrogen (secondary N) is 1. The van der Waals surface area contributed by atoms with E-state index in [0.29, 0.717) is 6.61 Å².